The van der Waals surface area contributed by atoms with Crippen LogP contribution in [0.4, 0.5) is 0 Å². The van der Waals surface area contributed by atoms with Gasteiger partial charge < -0.3 is 0 Å². The van der Waals surface area contributed by atoms with Gasteiger partial charge >= 0.3 is 17.1 Å². The van der Waals surface area contributed by atoms with Crippen LogP contribution in [0.3, 0.4) is 0 Å². The van der Waals surface area contributed by atoms with E-state index in [2.05, 4.69) is 0 Å². The van der Waals surface area contributed by atoms with Crippen LogP contribution in [0.15, 0.2) is 0 Å². The molecular formula is H4CdO3SSe. The van der Waals surface area contributed by atoms with Crippen LogP contribution in [0.5, 0.6) is 0 Å². The summed E-state index contributed by atoms with van der Waals surface area (Å²) in [6.07, 6.45) is 0. The first-order valence-corrected chi connectivity index (χ1v) is 1.60. The molecule has 0 saturated heterocycles. The molecule has 0 fully saturated rings. The van der Waals surface area contributed by atoms with Gasteiger partial charge in [0.25, 0.3) is 11.4 Å². The van der Waals surface area contributed by atoms with Gasteiger partial charge in [-0.15, -0.1) is 0 Å². The molecule has 0 aliphatic carbocycles. The summed E-state index contributed by atoms with van der Waals surface area (Å²) in [6, 6.07) is 0. The summed E-state index contributed by atoms with van der Waals surface area (Å²) in [5.41, 5.74) is 0. The molecule has 0 amide bonds. The summed E-state index contributed by atoms with van der Waals surface area (Å²) < 4.78 is 22.8. The second-order valence-electron chi connectivity index (χ2n) is 0.231. The molecule has 0 rings (SSSR count). The molecule has 0 aliphatic heterocycles. The fraction of sp³-hybridized carbons (Fsp3) is 0. The summed E-state index contributed by atoms with van der Waals surface area (Å²) in [4.78, 5) is 0. The maximum absolute atomic E-state index is 8.67. The third-order valence-electron chi connectivity index (χ3n) is 0. The number of rotatable bonds is 0. The molecule has 0 aromatic rings. The SMILES string of the molecule is O=S(O)O.[Cd].[SeH2]. The van der Waals surface area contributed by atoms with Crippen molar-refractivity contribution >= 4 is 28.4 Å². The number of hydrogen-bond acceptors (Lipinski definition) is 1. The van der Waals surface area contributed by atoms with E-state index in [9.17, 15) is 0 Å². The Kier molecular flexibility index (Phi) is 25.3. The van der Waals surface area contributed by atoms with E-state index in [4.69, 9.17) is 13.3 Å². The maximum atomic E-state index is 8.67. The quantitative estimate of drug-likeness (QED) is 0.430. The molecule has 36 valence electrons. The molecule has 0 radical (unpaired) electrons. The molecule has 2 N–H and O–H groups in total. The van der Waals surface area contributed by atoms with Crippen LogP contribution in [0, 0.1) is 0 Å². The molecule has 0 saturated carbocycles. The normalized spacial score (nSPS) is 5.83. The van der Waals surface area contributed by atoms with Gasteiger partial charge in [0.2, 0.25) is 0 Å². The first-order valence-electron chi connectivity index (χ1n) is 0.532. The summed E-state index contributed by atoms with van der Waals surface area (Å²) in [5.74, 6) is 0. The molecule has 0 aromatic heterocycles. The topological polar surface area (TPSA) is 57.5 Å². The molecule has 0 heterocycles. The van der Waals surface area contributed by atoms with Crippen molar-refractivity contribution in [3.63, 3.8) is 0 Å². The molecule has 3 nitrogen and oxygen atoms in total. The fourth-order valence-electron chi connectivity index (χ4n) is 0. The Morgan fingerprint density at radius 1 is 1.33 bits per heavy atom. The van der Waals surface area contributed by atoms with E-state index in [1.165, 1.54) is 0 Å². The van der Waals surface area contributed by atoms with Crippen molar-refractivity contribution < 1.29 is 40.6 Å². The molecule has 0 spiro atoms. The van der Waals surface area contributed by atoms with Crippen molar-refractivity contribution in [3.05, 3.63) is 0 Å². The molecular weight excluding hydrogens is 271 g/mol. The van der Waals surface area contributed by atoms with E-state index in [1.807, 2.05) is 0 Å². The Morgan fingerprint density at radius 2 is 1.33 bits per heavy atom. The van der Waals surface area contributed by atoms with Gasteiger partial charge in [0.15, 0.2) is 0 Å². The molecule has 0 aromatic carbocycles. The van der Waals surface area contributed by atoms with E-state index in [-0.39, 0.29) is 44.4 Å². The van der Waals surface area contributed by atoms with Crippen LogP contribution in [0.25, 0.3) is 0 Å². The third kappa shape index (κ3) is 49.1. The van der Waals surface area contributed by atoms with Crippen molar-refractivity contribution in [2.75, 3.05) is 0 Å². The van der Waals surface area contributed by atoms with Gasteiger partial charge in [-0.1, -0.05) is 0 Å². The minimum atomic E-state index is -2.61. The summed E-state index contributed by atoms with van der Waals surface area (Å²) in [5, 5.41) is 0. The summed E-state index contributed by atoms with van der Waals surface area (Å²) in [7, 11) is 0. The Morgan fingerprint density at radius 3 is 1.33 bits per heavy atom. The fourth-order valence-corrected chi connectivity index (χ4v) is 0. The zero-order chi connectivity index (χ0) is 3.58. The predicted octanol–water partition coefficient (Wildman–Crippen LogP) is -1.24. The second-order valence-corrected chi connectivity index (χ2v) is 0.692. The Balaban J connectivity index is -0.0000000450. The zero-order valence-corrected chi connectivity index (χ0v) is 9.87. The van der Waals surface area contributed by atoms with E-state index in [0.717, 1.165) is 0 Å². The Labute approximate surface area is 68.6 Å². The minimum absolute atomic E-state index is 0. The van der Waals surface area contributed by atoms with Gasteiger partial charge in [0.05, 0.1) is 0 Å². The molecule has 6 heavy (non-hydrogen) atoms. The van der Waals surface area contributed by atoms with Gasteiger partial charge in [0.1, 0.15) is 0 Å². The van der Waals surface area contributed by atoms with Crippen LogP contribution in [-0.2, 0) is 38.7 Å². The third-order valence-corrected chi connectivity index (χ3v) is 0. The van der Waals surface area contributed by atoms with E-state index in [1.54, 1.807) is 0 Å². The average Bonchev–Trinajstić information content (AvgIpc) is 0.811. The van der Waals surface area contributed by atoms with Crippen molar-refractivity contribution in [3.8, 4) is 0 Å². The standard InChI is InChI=1S/Cd.H2O3S.H2Se/c;1-4(2)3;/h;(H2,1,2,3);1H2. The van der Waals surface area contributed by atoms with Crippen LogP contribution in [0.1, 0.15) is 0 Å². The molecule has 6 heteroatoms. The average molecular weight is 275 g/mol. The molecule has 0 aliphatic rings. The first kappa shape index (κ1) is 15.6. The van der Waals surface area contributed by atoms with Crippen LogP contribution in [0.2, 0.25) is 0 Å². The summed E-state index contributed by atoms with van der Waals surface area (Å²) >= 11 is -2.61. The zero-order valence-electron chi connectivity index (χ0n) is 2.92. The van der Waals surface area contributed by atoms with Gasteiger partial charge in [-0.3, -0.25) is 9.11 Å². The molecule has 0 unspecified atom stereocenters. The second kappa shape index (κ2) is 9.72. The van der Waals surface area contributed by atoms with Crippen molar-refractivity contribution in [1.82, 2.24) is 0 Å². The summed E-state index contributed by atoms with van der Waals surface area (Å²) in [6.45, 7) is 0. The van der Waals surface area contributed by atoms with Crippen molar-refractivity contribution in [2.24, 2.45) is 0 Å². The Hall–Kier alpha value is 1.51. The van der Waals surface area contributed by atoms with E-state index in [0.29, 0.717) is 0 Å². The van der Waals surface area contributed by atoms with Crippen LogP contribution in [-0.4, -0.2) is 30.4 Å². The number of hydrogen-bond donors (Lipinski definition) is 2. The molecule has 0 bridgehead atoms. The van der Waals surface area contributed by atoms with Gasteiger partial charge in [-0.05, 0) is 0 Å². The first-order chi connectivity index (χ1) is 1.73. The van der Waals surface area contributed by atoms with Crippen LogP contribution < -0.4 is 0 Å². The van der Waals surface area contributed by atoms with Crippen molar-refractivity contribution in [2.45, 2.75) is 0 Å². The van der Waals surface area contributed by atoms with E-state index < -0.39 is 11.4 Å². The monoisotopic (exact) mass is 278 g/mol. The molecule has 0 atom stereocenters. The van der Waals surface area contributed by atoms with Gasteiger partial charge in [0, 0.05) is 27.3 Å². The van der Waals surface area contributed by atoms with Gasteiger partial charge in [-0.2, -0.15) is 4.21 Å². The van der Waals surface area contributed by atoms with E-state index >= 15 is 0 Å². The van der Waals surface area contributed by atoms with Crippen LogP contribution >= 0.6 is 0 Å². The Bertz CT molecular complexity index is 33.8. The van der Waals surface area contributed by atoms with Crippen molar-refractivity contribution in [1.29, 1.82) is 0 Å². The predicted molar refractivity (Wildman–Crippen MR) is 21.9 cm³/mol. The van der Waals surface area contributed by atoms with Gasteiger partial charge in [-0.25, -0.2) is 0 Å².